The number of hydrogen-bond donors (Lipinski definition) is 2. The molecule has 2 aromatic carbocycles. The summed E-state index contributed by atoms with van der Waals surface area (Å²) >= 11 is 0. The third-order valence-corrected chi connectivity index (χ3v) is 5.64. The Hall–Kier alpha value is -3.86. The van der Waals surface area contributed by atoms with Gasteiger partial charge in [0.15, 0.2) is 0 Å². The second kappa shape index (κ2) is 8.88. The van der Waals surface area contributed by atoms with Gasteiger partial charge in [-0.15, -0.1) is 0 Å². The second-order valence-electron chi connectivity index (χ2n) is 6.49. The molecule has 0 aliphatic carbocycles. The van der Waals surface area contributed by atoms with Crippen LogP contribution in [-0.4, -0.2) is 26.2 Å². The number of hydrazone groups is 1. The number of methoxy groups -OCH3 is 1. The smallest absolute Gasteiger partial charge is 0.295 e. The van der Waals surface area contributed by atoms with Crippen LogP contribution in [0, 0.1) is 17.0 Å². The van der Waals surface area contributed by atoms with Crippen LogP contribution in [0.25, 0.3) is 0 Å². The normalized spacial score (nSPS) is 11.8. The molecule has 0 aliphatic heterocycles. The third kappa shape index (κ3) is 5.20. The van der Waals surface area contributed by atoms with Crippen molar-refractivity contribution in [2.24, 2.45) is 5.10 Å². The number of nitrogens with one attached hydrogen (secondary N) is 2. The summed E-state index contributed by atoms with van der Waals surface area (Å²) in [4.78, 5) is 10.6. The SMILES string of the molecule is COc1ccc(NS(=O)(=O)c2ccc(N/N=C(\C)c3ccc(C)o3)c([N+](=O)[O-])c2)cc1. The number of furan rings is 1. The molecule has 0 aliphatic rings. The zero-order valence-electron chi connectivity index (χ0n) is 16.9. The minimum atomic E-state index is -4.05. The molecule has 0 spiro atoms. The lowest BCUT2D eigenvalue weighted by atomic mass is 10.3. The number of rotatable bonds is 8. The number of anilines is 2. The molecule has 3 aromatic rings. The van der Waals surface area contributed by atoms with E-state index in [1.165, 1.54) is 31.4 Å². The molecule has 0 saturated heterocycles. The highest BCUT2D eigenvalue weighted by atomic mass is 32.2. The maximum absolute atomic E-state index is 12.7. The lowest BCUT2D eigenvalue weighted by molar-refractivity contribution is -0.384. The van der Waals surface area contributed by atoms with Gasteiger partial charge in [-0.1, -0.05) is 0 Å². The molecule has 162 valence electrons. The van der Waals surface area contributed by atoms with Crippen molar-refractivity contribution in [3.8, 4) is 5.75 Å². The van der Waals surface area contributed by atoms with Gasteiger partial charge in [0.05, 0.1) is 16.9 Å². The fraction of sp³-hybridized carbons (Fsp3) is 0.150. The number of nitro benzene ring substituents is 1. The molecule has 1 heterocycles. The van der Waals surface area contributed by atoms with E-state index < -0.39 is 20.6 Å². The molecule has 0 atom stereocenters. The summed E-state index contributed by atoms with van der Waals surface area (Å²) in [6.07, 6.45) is 0. The Morgan fingerprint density at radius 3 is 2.42 bits per heavy atom. The third-order valence-electron chi connectivity index (χ3n) is 4.26. The van der Waals surface area contributed by atoms with Gasteiger partial charge in [0.2, 0.25) is 0 Å². The lowest BCUT2D eigenvalue weighted by Crippen LogP contribution is -2.13. The van der Waals surface area contributed by atoms with Crippen molar-refractivity contribution in [3.05, 3.63) is 76.2 Å². The predicted octanol–water partition coefficient (Wildman–Crippen LogP) is 4.14. The highest BCUT2D eigenvalue weighted by Crippen LogP contribution is 2.29. The van der Waals surface area contributed by atoms with Crippen LogP contribution in [0.2, 0.25) is 0 Å². The van der Waals surface area contributed by atoms with Crippen LogP contribution in [0.5, 0.6) is 5.75 Å². The van der Waals surface area contributed by atoms with E-state index in [0.29, 0.717) is 28.7 Å². The first-order valence-electron chi connectivity index (χ1n) is 9.02. The van der Waals surface area contributed by atoms with E-state index in [1.54, 1.807) is 38.1 Å². The molecule has 11 heteroatoms. The Bertz CT molecular complexity index is 1230. The van der Waals surface area contributed by atoms with Crippen LogP contribution in [0.15, 0.2) is 69.0 Å². The Balaban J connectivity index is 1.85. The van der Waals surface area contributed by atoms with E-state index >= 15 is 0 Å². The first-order chi connectivity index (χ1) is 14.7. The molecule has 1 aromatic heterocycles. The van der Waals surface area contributed by atoms with Crippen LogP contribution in [0.1, 0.15) is 18.4 Å². The Labute approximate surface area is 178 Å². The summed E-state index contributed by atoms with van der Waals surface area (Å²) in [6, 6.07) is 13.2. The van der Waals surface area contributed by atoms with Crippen molar-refractivity contribution < 1.29 is 22.5 Å². The summed E-state index contributed by atoms with van der Waals surface area (Å²) in [5, 5.41) is 15.6. The molecule has 0 radical (unpaired) electrons. The number of hydrogen-bond acceptors (Lipinski definition) is 8. The molecule has 2 N–H and O–H groups in total. The largest absolute Gasteiger partial charge is 0.497 e. The summed E-state index contributed by atoms with van der Waals surface area (Å²) in [6.45, 7) is 3.46. The molecule has 0 fully saturated rings. The van der Waals surface area contributed by atoms with Crippen LogP contribution in [-0.2, 0) is 10.0 Å². The first kappa shape index (κ1) is 21.8. The van der Waals surface area contributed by atoms with Crippen LogP contribution >= 0.6 is 0 Å². The van der Waals surface area contributed by atoms with Crippen LogP contribution in [0.4, 0.5) is 17.1 Å². The van der Waals surface area contributed by atoms with E-state index in [4.69, 9.17) is 9.15 Å². The molecule has 0 saturated carbocycles. The summed E-state index contributed by atoms with van der Waals surface area (Å²) in [5.41, 5.74) is 2.96. The molecule has 0 unspecified atom stereocenters. The van der Waals surface area contributed by atoms with E-state index in [9.17, 15) is 18.5 Å². The Morgan fingerprint density at radius 1 is 1.13 bits per heavy atom. The van der Waals surface area contributed by atoms with Crippen molar-refractivity contribution in [1.82, 2.24) is 0 Å². The molecule has 10 nitrogen and oxygen atoms in total. The highest BCUT2D eigenvalue weighted by molar-refractivity contribution is 7.92. The van der Waals surface area contributed by atoms with Crippen molar-refractivity contribution in [2.45, 2.75) is 18.7 Å². The average Bonchev–Trinajstić information content (AvgIpc) is 3.18. The standard InChI is InChI=1S/C20H20N4O6S/c1-13-4-11-20(30-13)14(2)21-22-18-10-9-17(12-19(18)24(25)26)31(27,28)23-15-5-7-16(29-3)8-6-15/h4-12,22-23H,1-3H3/b21-14+. The molecular formula is C20H20N4O6S. The van der Waals surface area contributed by atoms with Crippen molar-refractivity contribution >= 4 is 32.8 Å². The maximum Gasteiger partial charge on any atom is 0.295 e. The molecule has 3 rings (SSSR count). The first-order valence-corrected chi connectivity index (χ1v) is 10.5. The topological polar surface area (TPSA) is 136 Å². The van der Waals surface area contributed by atoms with Gasteiger partial charge < -0.3 is 9.15 Å². The number of ether oxygens (including phenoxy) is 1. The molecule has 0 bridgehead atoms. The number of benzene rings is 2. The van der Waals surface area contributed by atoms with Crippen molar-refractivity contribution in [2.75, 3.05) is 17.3 Å². The molecule has 0 amide bonds. The molecule has 31 heavy (non-hydrogen) atoms. The average molecular weight is 444 g/mol. The minimum absolute atomic E-state index is 0.0380. The zero-order valence-corrected chi connectivity index (χ0v) is 17.8. The summed E-state index contributed by atoms with van der Waals surface area (Å²) in [5.74, 6) is 1.78. The summed E-state index contributed by atoms with van der Waals surface area (Å²) < 4.78 is 38.2. The van der Waals surface area contributed by atoms with Gasteiger partial charge >= 0.3 is 0 Å². The predicted molar refractivity (Wildman–Crippen MR) is 116 cm³/mol. The number of aryl methyl sites for hydroxylation is 1. The number of nitro groups is 1. The second-order valence-corrected chi connectivity index (χ2v) is 8.17. The highest BCUT2D eigenvalue weighted by Gasteiger charge is 2.22. The van der Waals surface area contributed by atoms with E-state index in [2.05, 4.69) is 15.2 Å². The zero-order chi connectivity index (χ0) is 22.6. The lowest BCUT2D eigenvalue weighted by Gasteiger charge is -2.10. The van der Waals surface area contributed by atoms with Crippen LogP contribution < -0.4 is 14.9 Å². The molecular weight excluding hydrogens is 424 g/mol. The Kier molecular flexibility index (Phi) is 6.25. The maximum atomic E-state index is 12.7. The van der Waals surface area contributed by atoms with E-state index in [0.717, 1.165) is 6.07 Å². The van der Waals surface area contributed by atoms with Crippen molar-refractivity contribution in [3.63, 3.8) is 0 Å². The van der Waals surface area contributed by atoms with Crippen LogP contribution in [0.3, 0.4) is 0 Å². The fourth-order valence-corrected chi connectivity index (χ4v) is 3.70. The van der Waals surface area contributed by atoms with Gasteiger partial charge in [0, 0.05) is 11.8 Å². The monoisotopic (exact) mass is 444 g/mol. The van der Waals surface area contributed by atoms with Gasteiger partial charge in [-0.05, 0) is 62.4 Å². The number of sulfonamides is 1. The fourth-order valence-electron chi connectivity index (χ4n) is 2.63. The number of nitrogens with zero attached hydrogens (tertiary/aromatic N) is 2. The quantitative estimate of drug-likeness (QED) is 0.303. The Morgan fingerprint density at radius 2 is 1.84 bits per heavy atom. The van der Waals surface area contributed by atoms with Crippen molar-refractivity contribution in [1.29, 1.82) is 0 Å². The van der Waals surface area contributed by atoms with E-state index in [-0.39, 0.29) is 10.6 Å². The minimum Gasteiger partial charge on any atom is -0.497 e. The van der Waals surface area contributed by atoms with Gasteiger partial charge in [0.1, 0.15) is 28.7 Å². The summed E-state index contributed by atoms with van der Waals surface area (Å²) in [7, 11) is -2.56. The van der Waals surface area contributed by atoms with Gasteiger partial charge in [-0.3, -0.25) is 20.3 Å². The van der Waals surface area contributed by atoms with Gasteiger partial charge in [-0.25, -0.2) is 8.42 Å². The van der Waals surface area contributed by atoms with Gasteiger partial charge in [-0.2, -0.15) is 5.10 Å². The van der Waals surface area contributed by atoms with E-state index in [1.807, 2.05) is 0 Å². The van der Waals surface area contributed by atoms with Gasteiger partial charge in [0.25, 0.3) is 15.7 Å².